The summed E-state index contributed by atoms with van der Waals surface area (Å²) in [6.07, 6.45) is 1.95. The van der Waals surface area contributed by atoms with Crippen LogP contribution in [0.3, 0.4) is 0 Å². The van der Waals surface area contributed by atoms with Crippen LogP contribution in [0.25, 0.3) is 11.3 Å². The molecule has 10 heteroatoms. The second-order valence-corrected chi connectivity index (χ2v) is 8.36. The first kappa shape index (κ1) is 21.4. The fraction of sp³-hybridized carbons (Fsp3) is 0.333. The monoisotopic (exact) mass is 445 g/mol. The molecule has 1 N–H and O–H groups in total. The summed E-state index contributed by atoms with van der Waals surface area (Å²) in [5.41, 5.74) is 2.56. The first-order valence-electron chi connectivity index (χ1n) is 9.77. The Hall–Kier alpha value is -2.88. The lowest BCUT2D eigenvalue weighted by Gasteiger charge is -2.34. The molecule has 0 aliphatic carbocycles. The quantitative estimate of drug-likeness (QED) is 0.461. The van der Waals surface area contributed by atoms with E-state index in [4.69, 9.17) is 16.6 Å². The van der Waals surface area contributed by atoms with Crippen LogP contribution in [0.5, 0.6) is 0 Å². The van der Waals surface area contributed by atoms with Crippen molar-refractivity contribution in [2.24, 2.45) is 0 Å². The van der Waals surface area contributed by atoms with Gasteiger partial charge in [0.2, 0.25) is 0 Å². The van der Waals surface area contributed by atoms with E-state index in [2.05, 4.69) is 9.88 Å². The molecule has 0 saturated heterocycles. The Kier molecular flexibility index (Phi) is 5.74. The summed E-state index contributed by atoms with van der Waals surface area (Å²) in [4.78, 5) is 20.8. The van der Waals surface area contributed by atoms with Gasteiger partial charge in [0.1, 0.15) is 12.0 Å². The van der Waals surface area contributed by atoms with Crippen molar-refractivity contribution >= 4 is 17.4 Å². The molecule has 3 aromatic rings. The maximum absolute atomic E-state index is 13.2. The first-order chi connectivity index (χ1) is 14.7. The Morgan fingerprint density at radius 3 is 2.65 bits per heavy atom. The Balaban J connectivity index is 1.43. The van der Waals surface area contributed by atoms with Crippen LogP contribution in [0.4, 0.5) is 10.2 Å². The van der Waals surface area contributed by atoms with E-state index in [1.54, 1.807) is 19.1 Å². The number of β-amino-alcohol motifs (C(OH)–C–C–N with tert-alkyl or cyclic N) is 1. The second-order valence-electron chi connectivity index (χ2n) is 8.02. The average molecular weight is 446 g/mol. The van der Waals surface area contributed by atoms with Gasteiger partial charge in [-0.1, -0.05) is 6.07 Å². The second kappa shape index (κ2) is 8.33. The minimum Gasteiger partial charge on any atom is -0.387 e. The molecule has 1 atom stereocenters. The molecular weight excluding hydrogens is 425 g/mol. The summed E-state index contributed by atoms with van der Waals surface area (Å²) < 4.78 is 14.5. The molecule has 2 aromatic heterocycles. The molecule has 31 heavy (non-hydrogen) atoms. The number of nitro groups is 1. The maximum Gasteiger partial charge on any atom is 0.383 e. The predicted octanol–water partition coefficient (Wildman–Crippen LogP) is 3.46. The van der Waals surface area contributed by atoms with Gasteiger partial charge < -0.3 is 15.2 Å². The van der Waals surface area contributed by atoms with Crippen molar-refractivity contribution in [3.63, 3.8) is 0 Å². The van der Waals surface area contributed by atoms with Crippen LogP contribution in [0, 0.1) is 15.9 Å². The third kappa shape index (κ3) is 4.90. The van der Waals surface area contributed by atoms with Crippen LogP contribution >= 0.6 is 11.6 Å². The van der Waals surface area contributed by atoms with Crippen molar-refractivity contribution in [1.82, 2.24) is 19.4 Å². The molecule has 0 spiro atoms. The van der Waals surface area contributed by atoms with Gasteiger partial charge in [0.15, 0.2) is 0 Å². The zero-order valence-electron chi connectivity index (χ0n) is 16.8. The molecule has 0 fully saturated rings. The van der Waals surface area contributed by atoms with E-state index in [0.29, 0.717) is 19.6 Å². The molecule has 1 aromatic carbocycles. The van der Waals surface area contributed by atoms with E-state index in [1.165, 1.54) is 22.9 Å². The van der Waals surface area contributed by atoms with Gasteiger partial charge in [0, 0.05) is 37.3 Å². The normalized spacial score (nSPS) is 16.0. The van der Waals surface area contributed by atoms with Crippen molar-refractivity contribution < 1.29 is 14.4 Å². The molecule has 0 radical (unpaired) electrons. The van der Waals surface area contributed by atoms with Gasteiger partial charge in [0.25, 0.3) is 0 Å². The Labute approximate surface area is 183 Å². The minimum atomic E-state index is -1.17. The number of benzene rings is 1. The lowest BCUT2D eigenvalue weighted by atomic mass is 10.00. The number of pyridine rings is 1. The number of imidazole rings is 1. The number of hydrogen-bond donors (Lipinski definition) is 1. The summed E-state index contributed by atoms with van der Waals surface area (Å²) in [5.74, 6) is -0.633. The largest absolute Gasteiger partial charge is 0.387 e. The fourth-order valence-corrected chi connectivity index (χ4v) is 4.06. The number of aliphatic hydroxyl groups is 1. The first-order valence-corrected chi connectivity index (χ1v) is 10.1. The van der Waals surface area contributed by atoms with E-state index in [1.807, 2.05) is 12.1 Å². The van der Waals surface area contributed by atoms with Gasteiger partial charge in [-0.3, -0.25) is 14.5 Å². The highest BCUT2D eigenvalue weighted by Crippen LogP contribution is 2.25. The molecule has 1 unspecified atom stereocenters. The van der Waals surface area contributed by atoms with Crippen molar-refractivity contribution in [1.29, 1.82) is 0 Å². The third-order valence-electron chi connectivity index (χ3n) is 5.24. The predicted molar refractivity (Wildman–Crippen MR) is 113 cm³/mol. The molecule has 3 heterocycles. The Morgan fingerprint density at radius 2 is 1.97 bits per heavy atom. The fourth-order valence-electron chi connectivity index (χ4n) is 3.87. The van der Waals surface area contributed by atoms with E-state index < -0.39 is 10.5 Å². The van der Waals surface area contributed by atoms with Gasteiger partial charge in [-0.2, -0.15) is 0 Å². The highest BCUT2D eigenvalue weighted by Gasteiger charge is 2.30. The molecule has 0 amide bonds. The standard InChI is InChI=1S/C21H21ClFN5O3/c1-21(29,13-27-11-19(28(30)31)25-20(27)22)12-26-9-8-18-15(10-26)4-7-17(24-18)14-2-5-16(23)6-3-14/h2-7,11,29H,8-10,12-13H2,1H3. The minimum absolute atomic E-state index is 0.0338. The van der Waals surface area contributed by atoms with E-state index >= 15 is 0 Å². The highest BCUT2D eigenvalue weighted by atomic mass is 35.5. The van der Waals surface area contributed by atoms with Crippen molar-refractivity contribution in [2.45, 2.75) is 32.0 Å². The topological polar surface area (TPSA) is 97.3 Å². The number of aromatic nitrogens is 3. The lowest BCUT2D eigenvalue weighted by molar-refractivity contribution is -0.389. The summed E-state index contributed by atoms with van der Waals surface area (Å²) in [6, 6.07) is 10.2. The molecule has 8 nitrogen and oxygen atoms in total. The van der Waals surface area contributed by atoms with Gasteiger partial charge >= 0.3 is 11.1 Å². The number of nitrogens with zero attached hydrogens (tertiary/aromatic N) is 5. The number of fused-ring (bicyclic) bond motifs is 1. The molecule has 1 aliphatic rings. The smallest absolute Gasteiger partial charge is 0.383 e. The van der Waals surface area contributed by atoms with Crippen LogP contribution in [-0.2, 0) is 19.5 Å². The van der Waals surface area contributed by atoms with E-state index in [0.717, 1.165) is 28.9 Å². The summed E-state index contributed by atoms with van der Waals surface area (Å²) in [5, 5.41) is 21.7. The van der Waals surface area contributed by atoms with Gasteiger partial charge in [-0.05, 0) is 64.3 Å². The number of rotatable bonds is 6. The van der Waals surface area contributed by atoms with Crippen molar-refractivity contribution in [2.75, 3.05) is 13.1 Å². The molecular formula is C21H21ClFN5O3. The number of halogens is 2. The average Bonchev–Trinajstić information content (AvgIpc) is 3.08. The van der Waals surface area contributed by atoms with Crippen LogP contribution in [0.15, 0.2) is 42.6 Å². The SMILES string of the molecule is CC(O)(CN1CCc2nc(-c3ccc(F)cc3)ccc2C1)Cn1cc([N+](=O)[O-])nc1Cl. The van der Waals surface area contributed by atoms with Crippen molar-refractivity contribution in [3.8, 4) is 11.3 Å². The van der Waals surface area contributed by atoms with Crippen LogP contribution < -0.4 is 0 Å². The molecule has 0 saturated carbocycles. The van der Waals surface area contributed by atoms with Crippen LogP contribution in [0.2, 0.25) is 5.28 Å². The Morgan fingerprint density at radius 1 is 1.23 bits per heavy atom. The summed E-state index contributed by atoms with van der Waals surface area (Å²) in [6.45, 7) is 3.44. The summed E-state index contributed by atoms with van der Waals surface area (Å²) >= 11 is 5.97. The van der Waals surface area contributed by atoms with Crippen molar-refractivity contribution in [3.05, 3.63) is 75.1 Å². The molecule has 4 rings (SSSR count). The molecule has 162 valence electrons. The molecule has 0 bridgehead atoms. The zero-order chi connectivity index (χ0) is 22.2. The zero-order valence-corrected chi connectivity index (χ0v) is 17.6. The Bertz CT molecular complexity index is 1120. The van der Waals surface area contributed by atoms with Gasteiger partial charge in [-0.25, -0.2) is 4.39 Å². The van der Waals surface area contributed by atoms with Gasteiger partial charge in [-0.15, -0.1) is 0 Å². The van der Waals surface area contributed by atoms with Gasteiger partial charge in [0.05, 0.1) is 17.8 Å². The van der Waals surface area contributed by atoms with Crippen LogP contribution in [-0.4, -0.2) is 48.2 Å². The maximum atomic E-state index is 13.2. The highest BCUT2D eigenvalue weighted by molar-refractivity contribution is 6.28. The summed E-state index contributed by atoms with van der Waals surface area (Å²) in [7, 11) is 0. The number of hydrogen-bond acceptors (Lipinski definition) is 6. The lowest BCUT2D eigenvalue weighted by Crippen LogP contribution is -2.45. The molecule has 1 aliphatic heterocycles. The van der Waals surface area contributed by atoms with Crippen LogP contribution in [0.1, 0.15) is 18.2 Å². The third-order valence-corrected chi connectivity index (χ3v) is 5.55. The van der Waals surface area contributed by atoms with E-state index in [9.17, 15) is 19.6 Å². The van der Waals surface area contributed by atoms with E-state index in [-0.39, 0.29) is 23.5 Å².